The minimum Gasteiger partial charge on any atom is -0.481 e. The van der Waals surface area contributed by atoms with E-state index in [4.69, 9.17) is 9.84 Å². The maximum atomic E-state index is 12.2. The van der Waals surface area contributed by atoms with Gasteiger partial charge in [-0.1, -0.05) is 0 Å². The number of rotatable bonds is 5. The molecule has 0 amide bonds. The standard InChI is InChI=1S/C11H11BrN2O4S2/c1-18-10-3-2-7(5-13-10)14-20(16,17)9-4-8(6-15)19-11(9)12/h2-5,14-15H,6H2,1H3. The Hall–Kier alpha value is -1.16. The van der Waals surface area contributed by atoms with Gasteiger partial charge in [0.1, 0.15) is 4.90 Å². The summed E-state index contributed by atoms with van der Waals surface area (Å²) in [7, 11) is -2.25. The second-order valence-corrected chi connectivity index (χ2v) is 7.81. The molecular formula is C11H11BrN2O4S2. The van der Waals surface area contributed by atoms with Crippen LogP contribution in [0.3, 0.4) is 0 Å². The number of ether oxygens (including phenoxy) is 1. The monoisotopic (exact) mass is 378 g/mol. The van der Waals surface area contributed by atoms with Crippen LogP contribution in [0.4, 0.5) is 5.69 Å². The largest absolute Gasteiger partial charge is 0.481 e. The third-order valence-corrected chi connectivity index (χ3v) is 5.97. The molecule has 20 heavy (non-hydrogen) atoms. The topological polar surface area (TPSA) is 88.5 Å². The van der Waals surface area contributed by atoms with E-state index >= 15 is 0 Å². The van der Waals surface area contributed by atoms with Crippen LogP contribution >= 0.6 is 27.3 Å². The van der Waals surface area contributed by atoms with Crippen LogP contribution < -0.4 is 9.46 Å². The lowest BCUT2D eigenvalue weighted by molar-refractivity contribution is 0.285. The number of sulfonamides is 1. The molecule has 6 nitrogen and oxygen atoms in total. The van der Waals surface area contributed by atoms with Gasteiger partial charge in [-0.25, -0.2) is 13.4 Å². The van der Waals surface area contributed by atoms with Crippen molar-refractivity contribution >= 4 is 43.0 Å². The van der Waals surface area contributed by atoms with Crippen LogP contribution in [0, 0.1) is 0 Å². The van der Waals surface area contributed by atoms with Crippen LogP contribution in [0.2, 0.25) is 0 Å². The molecule has 2 heterocycles. The first-order valence-corrected chi connectivity index (χ1v) is 8.47. The van der Waals surface area contributed by atoms with Gasteiger partial charge in [-0.15, -0.1) is 11.3 Å². The van der Waals surface area contributed by atoms with Crippen LogP contribution in [0.25, 0.3) is 0 Å². The van der Waals surface area contributed by atoms with Gasteiger partial charge in [0, 0.05) is 10.9 Å². The predicted molar refractivity (Wildman–Crippen MR) is 79.5 cm³/mol. The number of aliphatic hydroxyl groups is 1. The van der Waals surface area contributed by atoms with Gasteiger partial charge in [-0.05, 0) is 28.1 Å². The zero-order valence-corrected chi connectivity index (χ0v) is 13.5. The predicted octanol–water partition coefficient (Wildman–Crippen LogP) is 2.21. The first-order chi connectivity index (χ1) is 9.46. The summed E-state index contributed by atoms with van der Waals surface area (Å²) in [6, 6.07) is 4.53. The maximum absolute atomic E-state index is 12.2. The summed E-state index contributed by atoms with van der Waals surface area (Å²) in [6.07, 6.45) is 1.36. The van der Waals surface area contributed by atoms with E-state index in [2.05, 4.69) is 25.6 Å². The van der Waals surface area contributed by atoms with E-state index in [1.165, 1.54) is 30.7 Å². The highest BCUT2D eigenvalue weighted by atomic mass is 79.9. The Morgan fingerprint density at radius 1 is 1.50 bits per heavy atom. The zero-order valence-electron chi connectivity index (χ0n) is 10.3. The van der Waals surface area contributed by atoms with Gasteiger partial charge in [-0.2, -0.15) is 0 Å². The Morgan fingerprint density at radius 2 is 2.25 bits per heavy atom. The summed E-state index contributed by atoms with van der Waals surface area (Å²) in [6.45, 7) is -0.205. The molecule has 0 aromatic carbocycles. The molecular weight excluding hydrogens is 368 g/mol. The second kappa shape index (κ2) is 6.08. The molecule has 0 aliphatic carbocycles. The number of nitrogens with one attached hydrogen (secondary N) is 1. The zero-order chi connectivity index (χ0) is 14.8. The fourth-order valence-electron chi connectivity index (χ4n) is 1.43. The highest BCUT2D eigenvalue weighted by Gasteiger charge is 2.21. The van der Waals surface area contributed by atoms with Gasteiger partial charge in [0.15, 0.2) is 0 Å². The average Bonchev–Trinajstić information content (AvgIpc) is 2.81. The molecule has 0 fully saturated rings. The molecule has 0 aliphatic rings. The van der Waals surface area contributed by atoms with Crippen molar-refractivity contribution in [2.75, 3.05) is 11.8 Å². The van der Waals surface area contributed by atoms with E-state index in [1.54, 1.807) is 12.1 Å². The van der Waals surface area contributed by atoms with E-state index in [0.717, 1.165) is 0 Å². The Labute approximate surface area is 128 Å². The van der Waals surface area contributed by atoms with Crippen LogP contribution in [0.5, 0.6) is 5.88 Å². The number of halogens is 1. The minimum absolute atomic E-state index is 0.0855. The highest BCUT2D eigenvalue weighted by Crippen LogP contribution is 2.32. The van der Waals surface area contributed by atoms with Gasteiger partial charge in [-0.3, -0.25) is 4.72 Å². The number of thiophene rings is 1. The van der Waals surface area contributed by atoms with Gasteiger partial charge >= 0.3 is 0 Å². The van der Waals surface area contributed by atoms with Crippen molar-refractivity contribution in [1.82, 2.24) is 4.98 Å². The van der Waals surface area contributed by atoms with Crippen molar-refractivity contribution < 1.29 is 18.3 Å². The molecule has 2 aromatic rings. The molecule has 2 rings (SSSR count). The number of aliphatic hydroxyl groups excluding tert-OH is 1. The first kappa shape index (κ1) is 15.2. The molecule has 2 N–H and O–H groups in total. The summed E-state index contributed by atoms with van der Waals surface area (Å²) in [4.78, 5) is 4.57. The number of anilines is 1. The molecule has 0 unspecified atom stereocenters. The summed E-state index contributed by atoms with van der Waals surface area (Å²) in [5.74, 6) is 0.396. The SMILES string of the molecule is COc1ccc(NS(=O)(=O)c2cc(CO)sc2Br)cn1. The van der Waals surface area contributed by atoms with E-state index in [0.29, 0.717) is 20.2 Å². The van der Waals surface area contributed by atoms with Crippen LogP contribution in [0.1, 0.15) is 4.88 Å². The van der Waals surface area contributed by atoms with Crippen molar-refractivity contribution in [3.8, 4) is 5.88 Å². The highest BCUT2D eigenvalue weighted by molar-refractivity contribution is 9.11. The van der Waals surface area contributed by atoms with E-state index in [-0.39, 0.29) is 11.5 Å². The molecule has 0 saturated heterocycles. The Bertz CT molecular complexity index is 698. The van der Waals surface area contributed by atoms with Gasteiger partial charge in [0.25, 0.3) is 10.0 Å². The van der Waals surface area contributed by atoms with Crippen molar-refractivity contribution in [3.63, 3.8) is 0 Å². The van der Waals surface area contributed by atoms with Gasteiger partial charge in [0.2, 0.25) is 5.88 Å². The van der Waals surface area contributed by atoms with Crippen LogP contribution in [0.15, 0.2) is 33.1 Å². The average molecular weight is 379 g/mol. The fourth-order valence-corrected chi connectivity index (χ4v) is 5.02. The van der Waals surface area contributed by atoms with Crippen molar-refractivity contribution in [3.05, 3.63) is 33.1 Å². The maximum Gasteiger partial charge on any atom is 0.263 e. The molecule has 0 aliphatic heterocycles. The number of hydrogen-bond donors (Lipinski definition) is 2. The number of hydrogen-bond acceptors (Lipinski definition) is 6. The first-order valence-electron chi connectivity index (χ1n) is 5.38. The fraction of sp³-hybridized carbons (Fsp3) is 0.182. The van der Waals surface area contributed by atoms with Crippen LogP contribution in [-0.2, 0) is 16.6 Å². The summed E-state index contributed by atoms with van der Waals surface area (Å²) < 4.78 is 32.2. The molecule has 0 spiro atoms. The normalized spacial score (nSPS) is 11.3. The number of aromatic nitrogens is 1. The third-order valence-electron chi connectivity index (χ3n) is 2.35. The van der Waals surface area contributed by atoms with E-state index < -0.39 is 10.0 Å². The van der Waals surface area contributed by atoms with E-state index in [1.807, 2.05) is 0 Å². The molecule has 9 heteroatoms. The van der Waals surface area contributed by atoms with Crippen molar-refractivity contribution in [2.45, 2.75) is 11.5 Å². The molecule has 2 aromatic heterocycles. The second-order valence-electron chi connectivity index (χ2n) is 3.70. The number of nitrogens with zero attached hydrogens (tertiary/aromatic N) is 1. The summed E-state index contributed by atoms with van der Waals surface area (Å²) in [5.41, 5.74) is 0.328. The molecule has 0 bridgehead atoms. The van der Waals surface area contributed by atoms with Crippen LogP contribution in [-0.4, -0.2) is 25.6 Å². The molecule has 0 saturated carbocycles. The Morgan fingerprint density at radius 3 is 2.75 bits per heavy atom. The van der Waals surface area contributed by atoms with Gasteiger partial charge in [0.05, 0.1) is 29.4 Å². The quantitative estimate of drug-likeness (QED) is 0.832. The lowest BCUT2D eigenvalue weighted by Crippen LogP contribution is -2.12. The van der Waals surface area contributed by atoms with E-state index in [9.17, 15) is 8.42 Å². The summed E-state index contributed by atoms with van der Waals surface area (Å²) >= 11 is 4.35. The Kier molecular flexibility index (Phi) is 4.63. The third kappa shape index (κ3) is 3.29. The lowest BCUT2D eigenvalue weighted by atomic mass is 10.4. The van der Waals surface area contributed by atoms with Crippen molar-refractivity contribution in [1.29, 1.82) is 0 Å². The molecule has 0 atom stereocenters. The minimum atomic E-state index is -3.73. The lowest BCUT2D eigenvalue weighted by Gasteiger charge is -2.07. The molecule has 0 radical (unpaired) electrons. The smallest absolute Gasteiger partial charge is 0.263 e. The summed E-state index contributed by atoms with van der Waals surface area (Å²) in [5, 5.41) is 9.04. The number of pyridine rings is 1. The van der Waals surface area contributed by atoms with Gasteiger partial charge < -0.3 is 9.84 Å². The molecule has 108 valence electrons. The number of methoxy groups -OCH3 is 1. The Balaban J connectivity index is 2.27. The van der Waals surface area contributed by atoms with Crippen molar-refractivity contribution in [2.24, 2.45) is 0 Å².